The van der Waals surface area contributed by atoms with Crippen LogP contribution in [0.5, 0.6) is 5.75 Å². The smallest absolute Gasteiger partial charge is 0.303 e. The Kier molecular flexibility index (Phi) is 7.09. The minimum absolute atomic E-state index is 0.0719. The van der Waals surface area contributed by atoms with Gasteiger partial charge in [-0.1, -0.05) is 60.2 Å². The Bertz CT molecular complexity index is 835. The lowest BCUT2D eigenvalue weighted by Crippen LogP contribution is -2.28. The van der Waals surface area contributed by atoms with Gasteiger partial charge in [0.1, 0.15) is 5.75 Å². The maximum Gasteiger partial charge on any atom is 0.303 e. The molecule has 28 heavy (non-hydrogen) atoms. The molecular weight excluding hydrogens is 380 g/mol. The summed E-state index contributed by atoms with van der Waals surface area (Å²) in [6.07, 6.45) is 3.79. The average Bonchev–Trinajstić information content (AvgIpc) is 2.70. The number of hydrogen-bond donors (Lipinski definition) is 2. The third-order valence-electron chi connectivity index (χ3n) is 4.68. The zero-order chi connectivity index (χ0) is 19.9. The fraction of sp³-hybridized carbons (Fsp3) is 0.318. The molecule has 0 saturated heterocycles. The Morgan fingerprint density at radius 3 is 2.54 bits per heavy atom. The van der Waals surface area contributed by atoms with E-state index >= 15 is 0 Å². The van der Waals surface area contributed by atoms with E-state index in [1.165, 1.54) is 0 Å². The monoisotopic (exact) mass is 402 g/mol. The second kappa shape index (κ2) is 9.73. The number of aliphatic hydroxyl groups is 1. The van der Waals surface area contributed by atoms with Gasteiger partial charge in [-0.05, 0) is 25.0 Å². The molecule has 0 bridgehead atoms. The van der Waals surface area contributed by atoms with Gasteiger partial charge in [-0.3, -0.25) is 4.79 Å². The molecule has 0 aromatic heterocycles. The molecule has 0 saturated carbocycles. The molecule has 2 aromatic carbocycles. The number of para-hydroxylation sites is 1. The summed E-state index contributed by atoms with van der Waals surface area (Å²) in [6.45, 7) is -0.0719. The molecule has 5 nitrogen and oxygen atoms in total. The number of carboxylic acids is 1. The lowest BCUT2D eigenvalue weighted by Gasteiger charge is -2.36. The number of aliphatic hydroxyl groups excluding tert-OH is 1. The number of halogens is 1. The molecular formula is C22H23ClO5. The van der Waals surface area contributed by atoms with Crippen molar-refractivity contribution in [1.29, 1.82) is 0 Å². The number of ether oxygens (including phenoxy) is 2. The summed E-state index contributed by atoms with van der Waals surface area (Å²) in [5, 5.41) is 19.3. The fourth-order valence-corrected chi connectivity index (χ4v) is 3.45. The Morgan fingerprint density at radius 1 is 1.11 bits per heavy atom. The van der Waals surface area contributed by atoms with Crippen molar-refractivity contribution in [3.63, 3.8) is 0 Å². The van der Waals surface area contributed by atoms with E-state index in [0.29, 0.717) is 23.6 Å². The van der Waals surface area contributed by atoms with Crippen LogP contribution in [0.1, 0.15) is 42.8 Å². The van der Waals surface area contributed by atoms with Crippen LogP contribution in [0.15, 0.2) is 60.7 Å². The molecule has 3 atom stereocenters. The van der Waals surface area contributed by atoms with E-state index in [2.05, 4.69) is 0 Å². The fourth-order valence-electron chi connectivity index (χ4n) is 3.23. The maximum absolute atomic E-state index is 10.6. The summed E-state index contributed by atoms with van der Waals surface area (Å²) < 4.78 is 12.3. The van der Waals surface area contributed by atoms with E-state index in [0.717, 1.165) is 11.1 Å². The highest BCUT2D eigenvalue weighted by atomic mass is 35.5. The van der Waals surface area contributed by atoms with E-state index in [4.69, 9.17) is 26.2 Å². The first-order valence-electron chi connectivity index (χ1n) is 9.23. The van der Waals surface area contributed by atoms with Crippen LogP contribution in [0, 0.1) is 5.92 Å². The van der Waals surface area contributed by atoms with Gasteiger partial charge in [0.2, 0.25) is 6.29 Å². The topological polar surface area (TPSA) is 76.0 Å². The maximum atomic E-state index is 10.6. The molecule has 0 amide bonds. The Labute approximate surface area is 169 Å². The van der Waals surface area contributed by atoms with Crippen LogP contribution < -0.4 is 4.74 Å². The molecule has 6 heteroatoms. The van der Waals surface area contributed by atoms with Crippen molar-refractivity contribution in [2.24, 2.45) is 5.92 Å². The van der Waals surface area contributed by atoms with Crippen molar-refractivity contribution >= 4 is 17.6 Å². The van der Waals surface area contributed by atoms with Gasteiger partial charge in [0, 0.05) is 30.1 Å². The largest absolute Gasteiger partial charge is 0.481 e. The van der Waals surface area contributed by atoms with Crippen molar-refractivity contribution in [3.05, 3.63) is 76.8 Å². The van der Waals surface area contributed by atoms with E-state index in [-0.39, 0.29) is 25.0 Å². The van der Waals surface area contributed by atoms with Crippen molar-refractivity contribution in [2.45, 2.75) is 31.7 Å². The van der Waals surface area contributed by atoms with E-state index < -0.39 is 12.3 Å². The van der Waals surface area contributed by atoms with Crippen LogP contribution in [0.4, 0.5) is 0 Å². The number of fused-ring (bicyclic) bond motifs is 1. The molecule has 3 rings (SSSR count). The van der Waals surface area contributed by atoms with Crippen molar-refractivity contribution < 1.29 is 24.5 Å². The third kappa shape index (κ3) is 4.93. The number of benzene rings is 2. The zero-order valence-corrected chi connectivity index (χ0v) is 16.1. The normalized spacial score (nSPS) is 19.8. The molecule has 1 aliphatic rings. The highest BCUT2D eigenvalue weighted by Gasteiger charge is 2.35. The third-order valence-corrected chi connectivity index (χ3v) is 5.03. The first-order chi connectivity index (χ1) is 13.6. The number of aliphatic carboxylic acids is 1. The van der Waals surface area contributed by atoms with Crippen LogP contribution in [0.25, 0.3) is 0 Å². The molecule has 0 fully saturated rings. The number of allylic oxidation sites excluding steroid dienone is 2. The number of carboxylic acid groups (broad SMARTS) is 1. The van der Waals surface area contributed by atoms with Gasteiger partial charge in [-0.25, -0.2) is 0 Å². The summed E-state index contributed by atoms with van der Waals surface area (Å²) in [5.41, 5.74) is 1.61. The van der Waals surface area contributed by atoms with Crippen LogP contribution >= 0.6 is 11.6 Å². The summed E-state index contributed by atoms with van der Waals surface area (Å²) in [5.74, 6) is -0.319. The summed E-state index contributed by atoms with van der Waals surface area (Å²) in [7, 11) is 0. The van der Waals surface area contributed by atoms with Crippen molar-refractivity contribution in [3.8, 4) is 5.75 Å². The van der Waals surface area contributed by atoms with Gasteiger partial charge in [0.25, 0.3) is 0 Å². The SMILES string of the molecule is O=C(O)CC/C=C\C[C@H](CO)C1O[C@H](c2ccccc2Cl)Oc2ccccc21. The van der Waals surface area contributed by atoms with Gasteiger partial charge in [0.15, 0.2) is 0 Å². The summed E-state index contributed by atoms with van der Waals surface area (Å²) in [4.78, 5) is 10.6. The summed E-state index contributed by atoms with van der Waals surface area (Å²) >= 11 is 6.32. The molecule has 2 N–H and O–H groups in total. The second-order valence-corrected chi connectivity index (χ2v) is 7.06. The van der Waals surface area contributed by atoms with E-state index in [1.54, 1.807) is 6.07 Å². The number of hydrogen-bond acceptors (Lipinski definition) is 4. The molecule has 0 aliphatic carbocycles. The lowest BCUT2D eigenvalue weighted by atomic mass is 9.91. The molecule has 0 radical (unpaired) electrons. The molecule has 1 aliphatic heterocycles. The van der Waals surface area contributed by atoms with Crippen molar-refractivity contribution in [1.82, 2.24) is 0 Å². The minimum atomic E-state index is -0.826. The highest BCUT2D eigenvalue weighted by Crippen LogP contribution is 2.45. The molecule has 148 valence electrons. The summed E-state index contributed by atoms with van der Waals surface area (Å²) in [6, 6.07) is 15.0. The quantitative estimate of drug-likeness (QED) is 0.613. The molecule has 1 heterocycles. The van der Waals surface area contributed by atoms with Crippen LogP contribution in [-0.4, -0.2) is 22.8 Å². The van der Waals surface area contributed by atoms with E-state index in [1.807, 2.05) is 54.6 Å². The Balaban J connectivity index is 1.81. The van der Waals surface area contributed by atoms with Gasteiger partial charge in [-0.2, -0.15) is 0 Å². The highest BCUT2D eigenvalue weighted by molar-refractivity contribution is 6.31. The predicted octanol–water partition coefficient (Wildman–Crippen LogP) is 4.91. The standard InChI is InChI=1S/C22H23ClO5/c23-18-11-6-4-9-16(18)22-27-19-12-7-5-10-17(19)21(28-22)15(14-24)8-2-1-3-13-20(25)26/h1-2,4-7,9-12,15,21-22,24H,3,8,13-14H2,(H,25,26)/b2-1-/t15-,21?,22-/m1/s1. The van der Waals surface area contributed by atoms with Gasteiger partial charge in [-0.15, -0.1) is 0 Å². The molecule has 2 aromatic rings. The molecule has 1 unspecified atom stereocenters. The average molecular weight is 403 g/mol. The lowest BCUT2D eigenvalue weighted by molar-refractivity contribution is -0.165. The van der Waals surface area contributed by atoms with Crippen LogP contribution in [-0.2, 0) is 9.53 Å². The number of carbonyl (C=O) groups is 1. The first kappa shape index (κ1) is 20.4. The first-order valence-corrected chi connectivity index (χ1v) is 9.61. The predicted molar refractivity (Wildman–Crippen MR) is 106 cm³/mol. The van der Waals surface area contributed by atoms with Crippen LogP contribution in [0.3, 0.4) is 0 Å². The van der Waals surface area contributed by atoms with Crippen molar-refractivity contribution in [2.75, 3.05) is 6.61 Å². The Hall–Kier alpha value is -2.34. The zero-order valence-electron chi connectivity index (χ0n) is 15.3. The van der Waals surface area contributed by atoms with Gasteiger partial charge in [0.05, 0.1) is 11.1 Å². The number of rotatable bonds is 8. The van der Waals surface area contributed by atoms with Crippen LogP contribution in [0.2, 0.25) is 5.02 Å². The van der Waals surface area contributed by atoms with E-state index in [9.17, 15) is 9.90 Å². The second-order valence-electron chi connectivity index (χ2n) is 6.65. The molecule has 0 spiro atoms. The van der Waals surface area contributed by atoms with Gasteiger partial charge >= 0.3 is 5.97 Å². The minimum Gasteiger partial charge on any atom is -0.481 e. The van der Waals surface area contributed by atoms with Gasteiger partial charge < -0.3 is 19.7 Å². The Morgan fingerprint density at radius 2 is 1.82 bits per heavy atom.